The van der Waals surface area contributed by atoms with Crippen LogP contribution < -0.4 is 0 Å². The second-order valence-electron chi connectivity index (χ2n) is 5.50. The van der Waals surface area contributed by atoms with Crippen molar-refractivity contribution in [3.63, 3.8) is 0 Å². The van der Waals surface area contributed by atoms with Gasteiger partial charge in [0.15, 0.2) is 5.78 Å². The number of carbonyl (C=O) groups excluding carboxylic acids is 2. The van der Waals surface area contributed by atoms with Crippen LogP contribution in [0.25, 0.3) is 0 Å². The van der Waals surface area contributed by atoms with Crippen LogP contribution in [0.2, 0.25) is 0 Å². The molecule has 1 heterocycles. The Balaban J connectivity index is 1.92. The summed E-state index contributed by atoms with van der Waals surface area (Å²) in [5.41, 5.74) is 3.14. The number of rotatable bonds is 3. The van der Waals surface area contributed by atoms with Crippen molar-refractivity contribution in [2.45, 2.75) is 20.8 Å². The van der Waals surface area contributed by atoms with Gasteiger partial charge in [0.25, 0.3) is 0 Å². The van der Waals surface area contributed by atoms with Crippen LogP contribution in [0.15, 0.2) is 18.2 Å². The first-order valence-corrected chi connectivity index (χ1v) is 7.05. The molecule has 1 aromatic rings. The second-order valence-corrected chi connectivity index (χ2v) is 5.50. The van der Waals surface area contributed by atoms with Crippen LogP contribution in [0.5, 0.6) is 0 Å². The molecule has 1 aliphatic rings. The number of ketones is 1. The molecule has 0 aliphatic carbocycles. The molecule has 4 heteroatoms. The fraction of sp³-hybridized carbons (Fsp3) is 0.500. The highest BCUT2D eigenvalue weighted by atomic mass is 16.2. The summed E-state index contributed by atoms with van der Waals surface area (Å²) in [7, 11) is 0. The summed E-state index contributed by atoms with van der Waals surface area (Å²) < 4.78 is 0. The average molecular weight is 274 g/mol. The molecule has 1 saturated heterocycles. The van der Waals surface area contributed by atoms with E-state index in [1.807, 2.05) is 36.9 Å². The van der Waals surface area contributed by atoms with Crippen LogP contribution in [0, 0.1) is 13.8 Å². The molecule has 0 atom stereocenters. The third-order valence-electron chi connectivity index (χ3n) is 4.01. The maximum Gasteiger partial charge on any atom is 0.219 e. The molecule has 1 amide bonds. The highest BCUT2D eigenvalue weighted by molar-refractivity contribution is 5.97. The van der Waals surface area contributed by atoms with Crippen molar-refractivity contribution in [2.24, 2.45) is 0 Å². The van der Waals surface area contributed by atoms with Gasteiger partial charge in [-0.3, -0.25) is 14.5 Å². The standard InChI is InChI=1S/C16H22N2O2/c1-12-4-5-15(10-13(12)2)16(20)11-17-6-8-18(9-7-17)14(3)19/h4-5,10H,6-9,11H2,1-3H3. The number of amides is 1. The Kier molecular flexibility index (Phi) is 4.55. The van der Waals surface area contributed by atoms with Gasteiger partial charge in [-0.25, -0.2) is 0 Å². The van der Waals surface area contributed by atoms with Crippen molar-refractivity contribution >= 4 is 11.7 Å². The van der Waals surface area contributed by atoms with Gasteiger partial charge in [0.05, 0.1) is 6.54 Å². The number of aryl methyl sites for hydroxylation is 2. The number of benzene rings is 1. The number of hydrogen-bond donors (Lipinski definition) is 0. The van der Waals surface area contributed by atoms with E-state index in [1.165, 1.54) is 5.56 Å². The zero-order chi connectivity index (χ0) is 14.7. The van der Waals surface area contributed by atoms with E-state index in [4.69, 9.17) is 0 Å². The second kappa shape index (κ2) is 6.18. The number of nitrogens with zero attached hydrogens (tertiary/aromatic N) is 2. The van der Waals surface area contributed by atoms with Gasteiger partial charge in [-0.1, -0.05) is 12.1 Å². The largest absolute Gasteiger partial charge is 0.340 e. The van der Waals surface area contributed by atoms with Crippen LogP contribution in [-0.2, 0) is 4.79 Å². The molecule has 1 aromatic carbocycles. The Morgan fingerprint density at radius 3 is 2.25 bits per heavy atom. The predicted molar refractivity (Wildman–Crippen MR) is 78.9 cm³/mol. The van der Waals surface area contributed by atoms with E-state index in [9.17, 15) is 9.59 Å². The van der Waals surface area contributed by atoms with E-state index in [-0.39, 0.29) is 11.7 Å². The highest BCUT2D eigenvalue weighted by Crippen LogP contribution is 2.11. The lowest BCUT2D eigenvalue weighted by Gasteiger charge is -2.33. The van der Waals surface area contributed by atoms with Gasteiger partial charge in [0, 0.05) is 38.7 Å². The van der Waals surface area contributed by atoms with E-state index in [0.717, 1.165) is 37.3 Å². The molecule has 2 rings (SSSR count). The first-order chi connectivity index (χ1) is 9.47. The fourth-order valence-electron chi connectivity index (χ4n) is 2.43. The molecule has 1 aliphatic heterocycles. The molecule has 0 aromatic heterocycles. The zero-order valence-electron chi connectivity index (χ0n) is 12.5. The summed E-state index contributed by atoms with van der Waals surface area (Å²) in [6.07, 6.45) is 0. The molecule has 0 bridgehead atoms. The Bertz CT molecular complexity index is 517. The minimum absolute atomic E-state index is 0.116. The van der Waals surface area contributed by atoms with Crippen molar-refractivity contribution in [3.05, 3.63) is 34.9 Å². The number of Topliss-reactive ketones (excluding diaryl/α,β-unsaturated/α-hetero) is 1. The Labute approximate surface area is 120 Å². The molecule has 0 unspecified atom stereocenters. The molecule has 0 N–H and O–H groups in total. The molecule has 0 radical (unpaired) electrons. The summed E-state index contributed by atoms with van der Waals surface area (Å²) in [6, 6.07) is 5.86. The van der Waals surface area contributed by atoms with Gasteiger partial charge >= 0.3 is 0 Å². The van der Waals surface area contributed by atoms with E-state index in [1.54, 1.807) is 6.92 Å². The third kappa shape index (κ3) is 3.45. The zero-order valence-corrected chi connectivity index (χ0v) is 12.5. The smallest absolute Gasteiger partial charge is 0.219 e. The molecular weight excluding hydrogens is 252 g/mol. The molecule has 0 spiro atoms. The topological polar surface area (TPSA) is 40.6 Å². The number of piperazine rings is 1. The summed E-state index contributed by atoms with van der Waals surface area (Å²) in [6.45, 7) is 9.09. The van der Waals surface area contributed by atoms with Gasteiger partial charge in [0.1, 0.15) is 0 Å². The SMILES string of the molecule is CC(=O)N1CCN(CC(=O)c2ccc(C)c(C)c2)CC1. The Morgan fingerprint density at radius 2 is 1.70 bits per heavy atom. The van der Waals surface area contributed by atoms with E-state index < -0.39 is 0 Å². The quantitative estimate of drug-likeness (QED) is 0.787. The van der Waals surface area contributed by atoms with Gasteiger partial charge in [-0.05, 0) is 31.0 Å². The molecule has 108 valence electrons. The molecule has 20 heavy (non-hydrogen) atoms. The summed E-state index contributed by atoms with van der Waals surface area (Å²) in [4.78, 5) is 27.5. The third-order valence-corrected chi connectivity index (χ3v) is 4.01. The van der Waals surface area contributed by atoms with E-state index in [0.29, 0.717) is 6.54 Å². The van der Waals surface area contributed by atoms with E-state index in [2.05, 4.69) is 4.90 Å². The van der Waals surface area contributed by atoms with Gasteiger partial charge in [-0.2, -0.15) is 0 Å². The van der Waals surface area contributed by atoms with Crippen molar-refractivity contribution < 1.29 is 9.59 Å². The van der Waals surface area contributed by atoms with Crippen LogP contribution in [-0.4, -0.2) is 54.2 Å². The minimum Gasteiger partial charge on any atom is -0.340 e. The summed E-state index contributed by atoms with van der Waals surface area (Å²) in [5, 5.41) is 0. The lowest BCUT2D eigenvalue weighted by Crippen LogP contribution is -2.49. The maximum atomic E-state index is 12.3. The van der Waals surface area contributed by atoms with E-state index >= 15 is 0 Å². The monoisotopic (exact) mass is 274 g/mol. The lowest BCUT2D eigenvalue weighted by molar-refractivity contribution is -0.130. The summed E-state index contributed by atoms with van der Waals surface area (Å²) >= 11 is 0. The van der Waals surface area contributed by atoms with Gasteiger partial charge in [0.2, 0.25) is 5.91 Å². The van der Waals surface area contributed by atoms with Crippen molar-refractivity contribution in [1.29, 1.82) is 0 Å². The lowest BCUT2D eigenvalue weighted by atomic mass is 10.0. The highest BCUT2D eigenvalue weighted by Gasteiger charge is 2.20. The molecule has 4 nitrogen and oxygen atoms in total. The first kappa shape index (κ1) is 14.7. The van der Waals surface area contributed by atoms with Crippen molar-refractivity contribution in [3.8, 4) is 0 Å². The maximum absolute atomic E-state index is 12.3. The minimum atomic E-state index is 0.116. The molecule has 0 saturated carbocycles. The first-order valence-electron chi connectivity index (χ1n) is 7.05. The Hall–Kier alpha value is -1.68. The number of hydrogen-bond acceptors (Lipinski definition) is 3. The van der Waals surface area contributed by atoms with Gasteiger partial charge in [-0.15, -0.1) is 0 Å². The molecular formula is C16H22N2O2. The normalized spacial score (nSPS) is 16.2. The van der Waals surface area contributed by atoms with Crippen molar-refractivity contribution in [2.75, 3.05) is 32.7 Å². The van der Waals surface area contributed by atoms with Crippen LogP contribution in [0.1, 0.15) is 28.4 Å². The van der Waals surface area contributed by atoms with Crippen molar-refractivity contribution in [1.82, 2.24) is 9.80 Å². The predicted octanol–water partition coefficient (Wildman–Crippen LogP) is 1.65. The van der Waals surface area contributed by atoms with Crippen LogP contribution in [0.3, 0.4) is 0 Å². The fourth-order valence-corrected chi connectivity index (χ4v) is 2.43. The summed E-state index contributed by atoms with van der Waals surface area (Å²) in [5.74, 6) is 0.273. The van der Waals surface area contributed by atoms with Crippen LogP contribution in [0.4, 0.5) is 0 Å². The number of carbonyl (C=O) groups is 2. The molecule has 1 fully saturated rings. The van der Waals surface area contributed by atoms with Crippen LogP contribution >= 0.6 is 0 Å². The Morgan fingerprint density at radius 1 is 1.05 bits per heavy atom. The average Bonchev–Trinajstić information content (AvgIpc) is 2.42. The van der Waals surface area contributed by atoms with Gasteiger partial charge < -0.3 is 4.90 Å².